The largest absolute Gasteiger partial charge is 0.467 e. The Bertz CT molecular complexity index is 772. The minimum atomic E-state index is -4.14. The lowest BCUT2D eigenvalue weighted by Crippen LogP contribution is -2.20. The van der Waals surface area contributed by atoms with Crippen molar-refractivity contribution in [2.45, 2.75) is 11.4 Å². The van der Waals surface area contributed by atoms with Gasteiger partial charge in [-0.15, -0.1) is 0 Å². The molecule has 9 heteroatoms. The molecule has 0 unspecified atom stereocenters. The minimum absolute atomic E-state index is 0.0324. The van der Waals surface area contributed by atoms with Gasteiger partial charge in [0.2, 0.25) is 10.0 Å². The maximum absolute atomic E-state index is 11.7. The Kier molecular flexibility index (Phi) is 4.21. The lowest BCUT2D eigenvalue weighted by Gasteiger charge is -2.14. The molecule has 5 N–H and O–H groups in total. The summed E-state index contributed by atoms with van der Waals surface area (Å²) in [4.78, 5) is 11.1. The number of hydrogen-bond acceptors (Lipinski definition) is 5. The molecule has 1 aromatic heterocycles. The fourth-order valence-electron chi connectivity index (χ4n) is 1.80. The van der Waals surface area contributed by atoms with Gasteiger partial charge in [0, 0.05) is 0 Å². The molecular weight excluding hydrogens is 318 g/mol. The van der Waals surface area contributed by atoms with Crippen LogP contribution in [0.25, 0.3) is 0 Å². The van der Waals surface area contributed by atoms with Gasteiger partial charge < -0.3 is 15.5 Å². The van der Waals surface area contributed by atoms with Crippen LogP contribution >= 0.6 is 11.6 Å². The van der Waals surface area contributed by atoms with Crippen LogP contribution in [0.2, 0.25) is 5.02 Å². The molecule has 0 aliphatic heterocycles. The molecule has 112 valence electrons. The minimum Gasteiger partial charge on any atom is -0.467 e. The maximum Gasteiger partial charge on any atom is 0.250 e. The quantitative estimate of drug-likeness (QED) is 0.761. The van der Waals surface area contributed by atoms with E-state index >= 15 is 0 Å². The van der Waals surface area contributed by atoms with Crippen molar-refractivity contribution in [3.8, 4) is 0 Å². The van der Waals surface area contributed by atoms with Gasteiger partial charge in [-0.1, -0.05) is 11.6 Å². The molecule has 0 aliphatic carbocycles. The Labute approximate surface area is 125 Å². The molecule has 1 heterocycles. The van der Waals surface area contributed by atoms with Crippen LogP contribution in [0.1, 0.15) is 16.1 Å². The van der Waals surface area contributed by atoms with Gasteiger partial charge in [-0.2, -0.15) is 0 Å². The van der Waals surface area contributed by atoms with E-state index in [2.05, 4.69) is 5.32 Å². The Morgan fingerprint density at radius 3 is 2.57 bits per heavy atom. The zero-order chi connectivity index (χ0) is 15.6. The average Bonchev–Trinajstić information content (AvgIpc) is 2.87. The highest BCUT2D eigenvalue weighted by molar-refractivity contribution is 7.89. The Balaban J connectivity index is 2.53. The van der Waals surface area contributed by atoms with E-state index in [1.165, 1.54) is 18.4 Å². The molecule has 0 aliphatic rings. The summed E-state index contributed by atoms with van der Waals surface area (Å²) < 4.78 is 28.5. The van der Waals surface area contributed by atoms with Crippen molar-refractivity contribution >= 4 is 33.2 Å². The number of primary sulfonamides is 1. The van der Waals surface area contributed by atoms with E-state index in [9.17, 15) is 13.2 Å². The molecule has 0 radical (unpaired) electrons. The molecule has 0 saturated carbocycles. The number of furan rings is 1. The summed E-state index contributed by atoms with van der Waals surface area (Å²) in [6.07, 6.45) is 1.46. The number of carbonyl (C=O) groups excluding carboxylic acids is 1. The van der Waals surface area contributed by atoms with E-state index in [1.54, 1.807) is 12.1 Å². The van der Waals surface area contributed by atoms with Gasteiger partial charge in [-0.25, -0.2) is 13.6 Å². The summed E-state index contributed by atoms with van der Waals surface area (Å²) >= 11 is 5.88. The van der Waals surface area contributed by atoms with Gasteiger partial charge in [0.15, 0.2) is 0 Å². The summed E-state index contributed by atoms with van der Waals surface area (Å²) in [6.45, 7) is 0.135. The Morgan fingerprint density at radius 1 is 1.33 bits per heavy atom. The predicted molar refractivity (Wildman–Crippen MR) is 77.4 cm³/mol. The number of benzene rings is 1. The van der Waals surface area contributed by atoms with Crippen LogP contribution in [0.4, 0.5) is 5.69 Å². The van der Waals surface area contributed by atoms with Crippen molar-refractivity contribution in [3.05, 3.63) is 46.9 Å². The summed E-state index contributed by atoms with van der Waals surface area (Å²) in [7, 11) is -4.14. The Hall–Kier alpha value is -2.03. The van der Waals surface area contributed by atoms with Crippen LogP contribution in [-0.4, -0.2) is 14.3 Å². The number of nitrogens with one attached hydrogen (secondary N) is 1. The monoisotopic (exact) mass is 329 g/mol. The van der Waals surface area contributed by atoms with E-state index in [0.717, 1.165) is 0 Å². The fraction of sp³-hybridized carbons (Fsp3) is 0.0833. The predicted octanol–water partition coefficient (Wildman–Crippen LogP) is 1.29. The van der Waals surface area contributed by atoms with Crippen LogP contribution in [0.3, 0.4) is 0 Å². The highest BCUT2D eigenvalue weighted by Gasteiger charge is 2.23. The summed E-state index contributed by atoms with van der Waals surface area (Å²) in [5, 5.41) is 7.82. The second-order valence-corrected chi connectivity index (χ2v) is 6.05. The van der Waals surface area contributed by atoms with Crippen molar-refractivity contribution in [1.82, 2.24) is 0 Å². The highest BCUT2D eigenvalue weighted by atomic mass is 35.5. The summed E-state index contributed by atoms with van der Waals surface area (Å²) in [5.74, 6) is -0.274. The number of anilines is 1. The first-order valence-electron chi connectivity index (χ1n) is 5.72. The van der Waals surface area contributed by atoms with Crippen molar-refractivity contribution in [2.24, 2.45) is 10.9 Å². The standard InChI is InChI=1S/C12H12ClN3O4S/c13-9-4-3-8(12(14)17)10(11(9)21(15,18)19)16-6-7-2-1-5-20-7/h1-5,16H,6H2,(H2,14,17)(H2,15,18,19). The van der Waals surface area contributed by atoms with E-state index in [-0.39, 0.29) is 27.7 Å². The van der Waals surface area contributed by atoms with Crippen LogP contribution in [0, 0.1) is 0 Å². The molecule has 0 spiro atoms. The molecule has 0 saturated heterocycles. The molecule has 0 bridgehead atoms. The number of primary amides is 1. The van der Waals surface area contributed by atoms with Gasteiger partial charge >= 0.3 is 0 Å². The highest BCUT2D eigenvalue weighted by Crippen LogP contribution is 2.32. The third kappa shape index (κ3) is 3.35. The maximum atomic E-state index is 11.7. The molecule has 0 atom stereocenters. The van der Waals surface area contributed by atoms with Crippen molar-refractivity contribution in [2.75, 3.05) is 5.32 Å². The lowest BCUT2D eigenvalue weighted by atomic mass is 10.1. The van der Waals surface area contributed by atoms with Crippen LogP contribution < -0.4 is 16.2 Å². The first-order chi connectivity index (χ1) is 9.80. The molecule has 7 nitrogen and oxygen atoms in total. The van der Waals surface area contributed by atoms with E-state index in [4.69, 9.17) is 26.9 Å². The van der Waals surface area contributed by atoms with Crippen molar-refractivity contribution < 1.29 is 17.6 Å². The molecule has 1 amide bonds. The van der Waals surface area contributed by atoms with Gasteiger partial charge in [0.05, 0.1) is 29.1 Å². The summed E-state index contributed by atoms with van der Waals surface area (Å²) in [6, 6.07) is 5.92. The number of nitrogens with two attached hydrogens (primary N) is 2. The zero-order valence-corrected chi connectivity index (χ0v) is 12.2. The second kappa shape index (κ2) is 5.76. The van der Waals surface area contributed by atoms with Gasteiger partial charge in [0.25, 0.3) is 5.91 Å². The Morgan fingerprint density at radius 2 is 2.05 bits per heavy atom. The second-order valence-electron chi connectivity index (χ2n) is 4.14. The average molecular weight is 330 g/mol. The number of sulfonamides is 1. The lowest BCUT2D eigenvalue weighted by molar-refractivity contribution is 0.100. The molecule has 21 heavy (non-hydrogen) atoms. The SMILES string of the molecule is NC(=O)c1ccc(Cl)c(S(N)(=O)=O)c1NCc1ccco1. The number of halogens is 1. The molecular formula is C12H12ClN3O4S. The third-order valence-electron chi connectivity index (χ3n) is 2.68. The third-order valence-corrected chi connectivity index (χ3v) is 4.10. The fourth-order valence-corrected chi connectivity index (χ4v) is 3.09. The molecule has 2 rings (SSSR count). The smallest absolute Gasteiger partial charge is 0.250 e. The number of carbonyl (C=O) groups is 1. The molecule has 1 aromatic carbocycles. The van der Waals surface area contributed by atoms with Gasteiger partial charge in [0.1, 0.15) is 10.7 Å². The van der Waals surface area contributed by atoms with Gasteiger partial charge in [-0.3, -0.25) is 4.79 Å². The van der Waals surface area contributed by atoms with Crippen molar-refractivity contribution in [1.29, 1.82) is 0 Å². The summed E-state index contributed by atoms with van der Waals surface area (Å²) in [5.41, 5.74) is 5.16. The topological polar surface area (TPSA) is 128 Å². The number of rotatable bonds is 5. The van der Waals surface area contributed by atoms with Crippen LogP contribution in [-0.2, 0) is 16.6 Å². The van der Waals surface area contributed by atoms with Crippen molar-refractivity contribution in [3.63, 3.8) is 0 Å². The van der Waals surface area contributed by atoms with Gasteiger partial charge in [-0.05, 0) is 24.3 Å². The normalized spacial score (nSPS) is 11.3. The molecule has 0 fully saturated rings. The molecule has 2 aromatic rings. The number of hydrogen-bond donors (Lipinski definition) is 3. The van der Waals surface area contributed by atoms with E-state index < -0.39 is 15.9 Å². The first kappa shape index (κ1) is 15.4. The van der Waals surface area contributed by atoms with E-state index in [0.29, 0.717) is 5.76 Å². The zero-order valence-electron chi connectivity index (χ0n) is 10.7. The number of amides is 1. The van der Waals surface area contributed by atoms with E-state index in [1.807, 2.05) is 0 Å². The first-order valence-corrected chi connectivity index (χ1v) is 7.64. The van der Waals surface area contributed by atoms with Crippen LogP contribution in [0.5, 0.6) is 0 Å². The van der Waals surface area contributed by atoms with Crippen LogP contribution in [0.15, 0.2) is 39.8 Å².